The number of halogens is 2. The average Bonchev–Trinajstić information content (AvgIpc) is 3.02. The summed E-state index contributed by atoms with van der Waals surface area (Å²) in [7, 11) is 0. The molecule has 1 aromatic heterocycles. The molecule has 26 heavy (non-hydrogen) atoms. The number of nitrogens with zero attached hydrogens (tertiary/aromatic N) is 2. The predicted molar refractivity (Wildman–Crippen MR) is 101 cm³/mol. The van der Waals surface area contributed by atoms with Gasteiger partial charge in [0.05, 0.1) is 19.1 Å². The summed E-state index contributed by atoms with van der Waals surface area (Å²) in [4.78, 5) is 27.3. The van der Waals surface area contributed by atoms with Crippen molar-refractivity contribution in [2.45, 2.75) is 45.2 Å². The molecule has 0 bridgehead atoms. The molecule has 3 rings (SSSR count). The van der Waals surface area contributed by atoms with Gasteiger partial charge < -0.3 is 19.7 Å². The molecule has 1 aliphatic heterocycles. The van der Waals surface area contributed by atoms with Gasteiger partial charge in [0.2, 0.25) is 0 Å². The van der Waals surface area contributed by atoms with Crippen molar-refractivity contribution in [3.63, 3.8) is 0 Å². The van der Waals surface area contributed by atoms with Crippen LogP contribution in [-0.4, -0.2) is 45.8 Å². The first-order chi connectivity index (χ1) is 11.6. The Kier molecular flexibility index (Phi) is 8.86. The molecule has 148 valence electrons. The first-order valence-electron chi connectivity index (χ1n) is 8.72. The molecule has 4 atom stereocenters. The van der Waals surface area contributed by atoms with Gasteiger partial charge in [0.15, 0.2) is 0 Å². The fourth-order valence-corrected chi connectivity index (χ4v) is 4.13. The summed E-state index contributed by atoms with van der Waals surface area (Å²) < 4.78 is 6.94. The smallest absolute Gasteiger partial charge is 0.356 e. The number of imidazole rings is 1. The summed E-state index contributed by atoms with van der Waals surface area (Å²) in [6, 6.07) is -0.423. The Labute approximate surface area is 165 Å². The number of rotatable bonds is 5. The maximum Gasteiger partial charge on any atom is 0.356 e. The molecule has 0 amide bonds. The first-order valence-corrected chi connectivity index (χ1v) is 8.72. The van der Waals surface area contributed by atoms with Crippen molar-refractivity contribution in [3.05, 3.63) is 18.2 Å². The van der Waals surface area contributed by atoms with Crippen LogP contribution in [-0.2, 0) is 16.1 Å². The Morgan fingerprint density at radius 1 is 1.31 bits per heavy atom. The molecular formula is C17H27Cl2N3O4. The molecule has 1 aromatic rings. The normalized spacial score (nSPS) is 27.4. The van der Waals surface area contributed by atoms with E-state index in [0.717, 1.165) is 32.4 Å². The molecule has 2 aliphatic rings. The Morgan fingerprint density at radius 3 is 2.77 bits per heavy atom. The van der Waals surface area contributed by atoms with Gasteiger partial charge in [0.25, 0.3) is 0 Å². The van der Waals surface area contributed by atoms with Gasteiger partial charge in [0.1, 0.15) is 11.7 Å². The molecule has 1 aliphatic carbocycles. The van der Waals surface area contributed by atoms with E-state index in [2.05, 4.69) is 10.3 Å². The van der Waals surface area contributed by atoms with Crippen LogP contribution in [0.15, 0.2) is 12.5 Å². The minimum absolute atomic E-state index is 0. The van der Waals surface area contributed by atoms with E-state index in [-0.39, 0.29) is 30.8 Å². The lowest BCUT2D eigenvalue weighted by molar-refractivity contribution is -0.141. The number of aromatic nitrogens is 2. The lowest BCUT2D eigenvalue weighted by Gasteiger charge is -2.41. The molecule has 1 saturated carbocycles. The van der Waals surface area contributed by atoms with Crippen molar-refractivity contribution < 1.29 is 19.4 Å². The van der Waals surface area contributed by atoms with Crippen molar-refractivity contribution in [2.24, 2.45) is 17.8 Å². The lowest BCUT2D eigenvalue weighted by atomic mass is 9.69. The van der Waals surface area contributed by atoms with E-state index in [4.69, 9.17) is 4.74 Å². The topological polar surface area (TPSA) is 93.5 Å². The van der Waals surface area contributed by atoms with Crippen LogP contribution in [0.4, 0.5) is 0 Å². The summed E-state index contributed by atoms with van der Waals surface area (Å²) >= 11 is 0. The third kappa shape index (κ3) is 5.11. The van der Waals surface area contributed by atoms with E-state index in [0.29, 0.717) is 36.5 Å². The van der Waals surface area contributed by atoms with Crippen molar-refractivity contribution in [1.82, 2.24) is 14.9 Å². The van der Waals surface area contributed by atoms with Crippen LogP contribution in [0.5, 0.6) is 0 Å². The SMILES string of the molecule is CCOC(=O)c1cncn1C[C@H]1CC[C@H]2CN[C@H](C(=O)O)C[C@H]2C1.Cl.Cl. The largest absolute Gasteiger partial charge is 0.480 e. The Balaban J connectivity index is 0.00000169. The highest BCUT2D eigenvalue weighted by molar-refractivity contribution is 5.87. The van der Waals surface area contributed by atoms with E-state index >= 15 is 0 Å². The molecule has 0 spiro atoms. The van der Waals surface area contributed by atoms with Crippen molar-refractivity contribution in [1.29, 1.82) is 0 Å². The number of esters is 1. The van der Waals surface area contributed by atoms with Gasteiger partial charge >= 0.3 is 11.9 Å². The Bertz CT molecular complexity index is 611. The Morgan fingerprint density at radius 2 is 2.08 bits per heavy atom. The molecule has 0 unspecified atom stereocenters. The summed E-state index contributed by atoms with van der Waals surface area (Å²) in [5.74, 6) is 0.372. The summed E-state index contributed by atoms with van der Waals surface area (Å²) in [6.07, 6.45) is 7.15. The highest BCUT2D eigenvalue weighted by atomic mass is 35.5. The predicted octanol–water partition coefficient (Wildman–Crippen LogP) is 2.38. The van der Waals surface area contributed by atoms with E-state index in [1.54, 1.807) is 19.4 Å². The molecule has 2 heterocycles. The lowest BCUT2D eigenvalue weighted by Crippen LogP contribution is -2.49. The van der Waals surface area contributed by atoms with Crippen LogP contribution < -0.4 is 5.32 Å². The number of carbonyl (C=O) groups excluding carboxylic acids is 1. The van der Waals surface area contributed by atoms with Gasteiger partial charge in [-0.3, -0.25) is 4.79 Å². The quantitative estimate of drug-likeness (QED) is 0.727. The number of fused-ring (bicyclic) bond motifs is 1. The van der Waals surface area contributed by atoms with Crippen LogP contribution in [0.1, 0.15) is 43.1 Å². The van der Waals surface area contributed by atoms with E-state index < -0.39 is 12.0 Å². The van der Waals surface area contributed by atoms with Gasteiger partial charge in [-0.2, -0.15) is 0 Å². The van der Waals surface area contributed by atoms with E-state index in [9.17, 15) is 14.7 Å². The highest BCUT2D eigenvalue weighted by Gasteiger charge is 2.37. The van der Waals surface area contributed by atoms with E-state index in [1.165, 1.54) is 0 Å². The number of carboxylic acids is 1. The number of carboxylic acid groups (broad SMARTS) is 1. The van der Waals surface area contributed by atoms with Crippen LogP contribution in [0.2, 0.25) is 0 Å². The second-order valence-corrected chi connectivity index (χ2v) is 6.89. The van der Waals surface area contributed by atoms with Crippen LogP contribution in [0.25, 0.3) is 0 Å². The average molecular weight is 408 g/mol. The first kappa shape index (κ1) is 22.7. The number of hydrogen-bond donors (Lipinski definition) is 2. The number of nitrogens with one attached hydrogen (secondary N) is 1. The van der Waals surface area contributed by atoms with Gasteiger partial charge in [-0.25, -0.2) is 9.78 Å². The molecule has 1 saturated heterocycles. The second kappa shape index (κ2) is 10.1. The zero-order chi connectivity index (χ0) is 17.1. The standard InChI is InChI=1S/C17H25N3O4.2ClH/c1-2-24-17(23)15-8-18-10-20(15)9-11-3-4-12-7-19-14(16(21)22)6-13(12)5-11;;/h8,10-14,19H,2-7,9H2,1H3,(H,21,22);2*1H/t11-,12-,13+,14-;;/m0../s1. The van der Waals surface area contributed by atoms with Crippen LogP contribution >= 0.6 is 24.8 Å². The van der Waals surface area contributed by atoms with Crippen LogP contribution in [0.3, 0.4) is 0 Å². The van der Waals surface area contributed by atoms with Crippen LogP contribution in [0, 0.1) is 17.8 Å². The molecule has 9 heteroatoms. The molecule has 2 N–H and O–H groups in total. The zero-order valence-corrected chi connectivity index (χ0v) is 16.4. The fourth-order valence-electron chi connectivity index (χ4n) is 4.13. The minimum atomic E-state index is -0.755. The van der Waals surface area contributed by atoms with Crippen molar-refractivity contribution in [3.8, 4) is 0 Å². The van der Waals surface area contributed by atoms with Gasteiger partial charge in [-0.05, 0) is 56.9 Å². The molecule has 0 aromatic carbocycles. The number of piperidine rings is 1. The second-order valence-electron chi connectivity index (χ2n) is 6.89. The molecule has 7 nitrogen and oxygen atoms in total. The van der Waals surface area contributed by atoms with E-state index in [1.807, 2.05) is 4.57 Å². The maximum atomic E-state index is 12.0. The summed E-state index contributed by atoms with van der Waals surface area (Å²) in [6.45, 7) is 3.67. The summed E-state index contributed by atoms with van der Waals surface area (Å²) in [5, 5.41) is 12.4. The summed E-state index contributed by atoms with van der Waals surface area (Å²) in [5.41, 5.74) is 0.493. The fraction of sp³-hybridized carbons (Fsp3) is 0.706. The number of aliphatic carboxylic acids is 1. The third-order valence-corrected chi connectivity index (χ3v) is 5.36. The maximum absolute atomic E-state index is 12.0. The molecular weight excluding hydrogens is 381 g/mol. The number of hydrogen-bond acceptors (Lipinski definition) is 5. The molecule has 2 fully saturated rings. The molecule has 0 radical (unpaired) electrons. The third-order valence-electron chi connectivity index (χ3n) is 5.36. The minimum Gasteiger partial charge on any atom is -0.480 e. The monoisotopic (exact) mass is 407 g/mol. The number of carbonyl (C=O) groups is 2. The van der Waals surface area contributed by atoms with Crippen molar-refractivity contribution in [2.75, 3.05) is 13.2 Å². The van der Waals surface area contributed by atoms with Gasteiger partial charge in [0, 0.05) is 6.54 Å². The highest BCUT2D eigenvalue weighted by Crippen LogP contribution is 2.39. The van der Waals surface area contributed by atoms with Gasteiger partial charge in [-0.1, -0.05) is 0 Å². The number of ether oxygens (including phenoxy) is 1. The van der Waals surface area contributed by atoms with Gasteiger partial charge in [-0.15, -0.1) is 24.8 Å². The Hall–Kier alpha value is -1.31. The zero-order valence-electron chi connectivity index (χ0n) is 14.8. The van der Waals surface area contributed by atoms with Crippen molar-refractivity contribution >= 4 is 36.8 Å².